The smallest absolute Gasteiger partial charge is 0.367 e. The molecular formula is C10H14N2O3S. The van der Waals surface area contributed by atoms with Crippen molar-refractivity contribution in [3.63, 3.8) is 0 Å². The molecule has 0 atom stereocenters. The van der Waals surface area contributed by atoms with Crippen LogP contribution in [-0.2, 0) is 9.47 Å². The monoisotopic (exact) mass is 242 g/mol. The van der Waals surface area contributed by atoms with Gasteiger partial charge in [-0.2, -0.15) is 0 Å². The summed E-state index contributed by atoms with van der Waals surface area (Å²) in [5.74, 6) is 0.503. The average Bonchev–Trinajstić information content (AvgIpc) is 2.80. The molecule has 0 spiro atoms. The van der Waals surface area contributed by atoms with Gasteiger partial charge in [0.15, 0.2) is 0 Å². The van der Waals surface area contributed by atoms with E-state index in [1.807, 2.05) is 5.38 Å². The van der Waals surface area contributed by atoms with E-state index in [-0.39, 0.29) is 5.97 Å². The van der Waals surface area contributed by atoms with Gasteiger partial charge in [-0.25, -0.2) is 9.78 Å². The van der Waals surface area contributed by atoms with Crippen molar-refractivity contribution >= 4 is 23.1 Å². The lowest BCUT2D eigenvalue weighted by atomic mass is 10.4. The second-order valence-corrected chi connectivity index (χ2v) is 4.19. The third-order valence-corrected chi connectivity index (χ3v) is 3.09. The minimum Gasteiger partial charge on any atom is -0.461 e. The highest BCUT2D eigenvalue weighted by Crippen LogP contribution is 2.20. The number of thiazole rings is 1. The Morgan fingerprint density at radius 3 is 3.06 bits per heavy atom. The maximum absolute atomic E-state index is 11.4. The third kappa shape index (κ3) is 2.51. The van der Waals surface area contributed by atoms with E-state index in [1.165, 1.54) is 11.3 Å². The van der Waals surface area contributed by atoms with Gasteiger partial charge in [0.05, 0.1) is 19.8 Å². The molecule has 6 heteroatoms. The Balaban J connectivity index is 2.03. The van der Waals surface area contributed by atoms with Gasteiger partial charge in [0.25, 0.3) is 0 Å². The summed E-state index contributed by atoms with van der Waals surface area (Å²) in [7, 11) is 0. The Bertz CT molecular complexity index is 361. The van der Waals surface area contributed by atoms with E-state index in [1.54, 1.807) is 6.92 Å². The number of esters is 1. The van der Waals surface area contributed by atoms with Gasteiger partial charge in [0.2, 0.25) is 5.01 Å². The summed E-state index contributed by atoms with van der Waals surface area (Å²) in [6.07, 6.45) is 0. The molecule has 88 valence electrons. The zero-order valence-corrected chi connectivity index (χ0v) is 9.96. The Labute approximate surface area is 98.0 Å². The molecule has 0 unspecified atom stereocenters. The SMILES string of the molecule is CCOC(=O)c1nc(N2CCOCC2)cs1. The van der Waals surface area contributed by atoms with Crippen LogP contribution in [0.15, 0.2) is 5.38 Å². The van der Waals surface area contributed by atoms with E-state index < -0.39 is 0 Å². The molecule has 1 aliphatic rings. The number of carbonyl (C=O) groups excluding carboxylic acids is 1. The van der Waals surface area contributed by atoms with Crippen LogP contribution in [-0.4, -0.2) is 43.9 Å². The summed E-state index contributed by atoms with van der Waals surface area (Å²) in [4.78, 5) is 17.8. The van der Waals surface area contributed by atoms with Crippen LogP contribution in [0.3, 0.4) is 0 Å². The Morgan fingerprint density at radius 2 is 2.38 bits per heavy atom. The molecule has 0 N–H and O–H groups in total. The molecule has 2 rings (SSSR count). The van der Waals surface area contributed by atoms with Gasteiger partial charge in [-0.1, -0.05) is 0 Å². The van der Waals surface area contributed by atoms with Crippen molar-refractivity contribution in [1.29, 1.82) is 0 Å². The minimum absolute atomic E-state index is 0.341. The molecule has 0 radical (unpaired) electrons. The molecule has 1 aromatic heterocycles. The first-order chi connectivity index (χ1) is 7.81. The van der Waals surface area contributed by atoms with Crippen molar-refractivity contribution in [1.82, 2.24) is 4.98 Å². The van der Waals surface area contributed by atoms with E-state index in [2.05, 4.69) is 9.88 Å². The topological polar surface area (TPSA) is 51.7 Å². The molecule has 1 aliphatic heterocycles. The van der Waals surface area contributed by atoms with Crippen LogP contribution in [0.5, 0.6) is 0 Å². The predicted octanol–water partition coefficient (Wildman–Crippen LogP) is 1.16. The van der Waals surface area contributed by atoms with Crippen molar-refractivity contribution < 1.29 is 14.3 Å². The van der Waals surface area contributed by atoms with Crippen LogP contribution in [0, 0.1) is 0 Å². The Morgan fingerprint density at radius 1 is 1.62 bits per heavy atom. The summed E-state index contributed by atoms with van der Waals surface area (Å²) < 4.78 is 10.2. The first kappa shape index (κ1) is 11.3. The summed E-state index contributed by atoms with van der Waals surface area (Å²) in [5.41, 5.74) is 0. The van der Waals surface area contributed by atoms with E-state index in [0.29, 0.717) is 24.8 Å². The zero-order chi connectivity index (χ0) is 11.4. The average molecular weight is 242 g/mol. The van der Waals surface area contributed by atoms with Gasteiger partial charge in [0, 0.05) is 18.5 Å². The molecular weight excluding hydrogens is 228 g/mol. The molecule has 1 fully saturated rings. The number of carbonyl (C=O) groups is 1. The standard InChI is InChI=1S/C10H14N2O3S/c1-2-15-10(13)9-11-8(7-16-9)12-3-5-14-6-4-12/h7H,2-6H2,1H3. The van der Waals surface area contributed by atoms with Gasteiger partial charge in [-0.15, -0.1) is 11.3 Å². The summed E-state index contributed by atoms with van der Waals surface area (Å²) in [6, 6.07) is 0. The fraction of sp³-hybridized carbons (Fsp3) is 0.600. The number of nitrogens with zero attached hydrogens (tertiary/aromatic N) is 2. The lowest BCUT2D eigenvalue weighted by Gasteiger charge is -2.26. The second kappa shape index (κ2) is 5.27. The quantitative estimate of drug-likeness (QED) is 0.744. The highest BCUT2D eigenvalue weighted by atomic mass is 32.1. The van der Waals surface area contributed by atoms with Crippen LogP contribution in [0.4, 0.5) is 5.82 Å². The first-order valence-electron chi connectivity index (χ1n) is 5.26. The molecule has 0 bridgehead atoms. The molecule has 5 nitrogen and oxygen atoms in total. The molecule has 0 aliphatic carbocycles. The third-order valence-electron chi connectivity index (χ3n) is 2.28. The maximum atomic E-state index is 11.4. The van der Waals surface area contributed by atoms with Gasteiger partial charge in [0.1, 0.15) is 5.82 Å². The molecule has 2 heterocycles. The number of rotatable bonds is 3. The highest BCUT2D eigenvalue weighted by molar-refractivity contribution is 7.12. The van der Waals surface area contributed by atoms with Crippen LogP contribution in [0.2, 0.25) is 0 Å². The van der Waals surface area contributed by atoms with E-state index in [9.17, 15) is 4.79 Å². The lowest BCUT2D eigenvalue weighted by Crippen LogP contribution is -2.36. The number of hydrogen-bond acceptors (Lipinski definition) is 6. The largest absolute Gasteiger partial charge is 0.461 e. The van der Waals surface area contributed by atoms with Crippen LogP contribution < -0.4 is 4.90 Å². The molecule has 0 aromatic carbocycles. The number of aromatic nitrogens is 1. The fourth-order valence-corrected chi connectivity index (χ4v) is 2.21. The van der Waals surface area contributed by atoms with E-state index >= 15 is 0 Å². The molecule has 0 amide bonds. The minimum atomic E-state index is -0.341. The number of anilines is 1. The molecule has 16 heavy (non-hydrogen) atoms. The van der Waals surface area contributed by atoms with E-state index in [4.69, 9.17) is 9.47 Å². The summed E-state index contributed by atoms with van der Waals surface area (Å²) >= 11 is 1.32. The van der Waals surface area contributed by atoms with Gasteiger partial charge in [-0.05, 0) is 6.92 Å². The van der Waals surface area contributed by atoms with E-state index in [0.717, 1.165) is 18.9 Å². The normalized spacial score (nSPS) is 16.2. The fourth-order valence-electron chi connectivity index (χ4n) is 1.49. The van der Waals surface area contributed by atoms with Gasteiger partial charge in [-0.3, -0.25) is 0 Å². The lowest BCUT2D eigenvalue weighted by molar-refractivity contribution is 0.0526. The van der Waals surface area contributed by atoms with Gasteiger partial charge >= 0.3 is 5.97 Å². The number of morpholine rings is 1. The predicted molar refractivity (Wildman–Crippen MR) is 61.1 cm³/mol. The maximum Gasteiger partial charge on any atom is 0.367 e. The van der Waals surface area contributed by atoms with Crippen molar-refractivity contribution in [2.75, 3.05) is 37.8 Å². The van der Waals surface area contributed by atoms with Crippen molar-refractivity contribution in [3.05, 3.63) is 10.4 Å². The number of hydrogen-bond donors (Lipinski definition) is 0. The molecule has 0 saturated carbocycles. The first-order valence-corrected chi connectivity index (χ1v) is 6.14. The van der Waals surface area contributed by atoms with Crippen LogP contribution >= 0.6 is 11.3 Å². The van der Waals surface area contributed by atoms with Crippen LogP contribution in [0.1, 0.15) is 16.7 Å². The summed E-state index contributed by atoms with van der Waals surface area (Å²) in [6.45, 7) is 5.25. The Hall–Kier alpha value is -1.14. The summed E-state index contributed by atoms with van der Waals surface area (Å²) in [5, 5.41) is 2.31. The van der Waals surface area contributed by atoms with Crippen LogP contribution in [0.25, 0.3) is 0 Å². The molecule has 1 saturated heterocycles. The second-order valence-electron chi connectivity index (χ2n) is 3.33. The van der Waals surface area contributed by atoms with Crippen molar-refractivity contribution in [2.24, 2.45) is 0 Å². The molecule has 1 aromatic rings. The highest BCUT2D eigenvalue weighted by Gasteiger charge is 2.17. The number of ether oxygens (including phenoxy) is 2. The van der Waals surface area contributed by atoms with Gasteiger partial charge < -0.3 is 14.4 Å². The van der Waals surface area contributed by atoms with Crippen molar-refractivity contribution in [3.8, 4) is 0 Å². The Kier molecular flexibility index (Phi) is 3.74. The zero-order valence-electron chi connectivity index (χ0n) is 9.14. The van der Waals surface area contributed by atoms with Crippen molar-refractivity contribution in [2.45, 2.75) is 6.92 Å².